The number of likely N-dealkylation sites (tertiary alicyclic amines) is 1. The lowest BCUT2D eigenvalue weighted by Crippen LogP contribution is -2.69. The minimum atomic E-state index is -0.353. The third-order valence-corrected chi connectivity index (χ3v) is 6.84. The van der Waals surface area contributed by atoms with Crippen molar-refractivity contribution in [3.8, 4) is 0 Å². The number of halogens is 2. The van der Waals surface area contributed by atoms with Crippen LogP contribution in [-0.4, -0.2) is 41.3 Å². The van der Waals surface area contributed by atoms with E-state index in [0.717, 1.165) is 16.8 Å². The van der Waals surface area contributed by atoms with Gasteiger partial charge in [0, 0.05) is 47.5 Å². The third-order valence-electron chi connectivity index (χ3n) is 6.48. The molecule has 0 aromatic heterocycles. The van der Waals surface area contributed by atoms with Crippen molar-refractivity contribution in [3.05, 3.63) is 94.8 Å². The van der Waals surface area contributed by atoms with Crippen LogP contribution in [-0.2, 0) is 6.54 Å². The van der Waals surface area contributed by atoms with Gasteiger partial charge in [0.05, 0.1) is 6.61 Å². The van der Waals surface area contributed by atoms with Crippen LogP contribution < -0.4 is 10.2 Å². The van der Waals surface area contributed by atoms with E-state index < -0.39 is 0 Å². The molecule has 1 fully saturated rings. The van der Waals surface area contributed by atoms with Gasteiger partial charge >= 0.3 is 6.03 Å². The molecule has 3 atom stereocenters. The van der Waals surface area contributed by atoms with Crippen LogP contribution in [0, 0.1) is 5.82 Å². The van der Waals surface area contributed by atoms with Gasteiger partial charge in [-0.1, -0.05) is 48.0 Å². The highest BCUT2D eigenvalue weighted by Gasteiger charge is 2.53. The van der Waals surface area contributed by atoms with E-state index in [1.807, 2.05) is 48.5 Å². The number of hydrogen-bond acceptors (Lipinski definition) is 3. The molecule has 0 unspecified atom stereocenters. The van der Waals surface area contributed by atoms with Crippen molar-refractivity contribution in [1.29, 1.82) is 0 Å². The van der Waals surface area contributed by atoms with Crippen molar-refractivity contribution in [2.24, 2.45) is 0 Å². The van der Waals surface area contributed by atoms with E-state index in [4.69, 9.17) is 11.6 Å². The predicted octanol–water partition coefficient (Wildman–Crippen LogP) is 4.86. The van der Waals surface area contributed by atoms with Crippen molar-refractivity contribution in [2.75, 3.05) is 23.4 Å². The van der Waals surface area contributed by atoms with Crippen LogP contribution in [0.1, 0.15) is 17.0 Å². The van der Waals surface area contributed by atoms with Gasteiger partial charge in [-0.25, -0.2) is 9.18 Å². The van der Waals surface area contributed by atoms with Gasteiger partial charge in [-0.15, -0.1) is 0 Å². The molecule has 1 saturated heterocycles. The van der Waals surface area contributed by atoms with E-state index in [1.165, 1.54) is 12.1 Å². The second-order valence-corrected chi connectivity index (χ2v) is 8.62. The van der Waals surface area contributed by atoms with Crippen LogP contribution in [0.3, 0.4) is 0 Å². The molecule has 164 valence electrons. The monoisotopic (exact) mass is 451 g/mol. The first-order valence-corrected chi connectivity index (χ1v) is 11.0. The molecule has 2 aliphatic rings. The summed E-state index contributed by atoms with van der Waals surface area (Å²) in [4.78, 5) is 17.1. The molecule has 0 spiro atoms. The summed E-state index contributed by atoms with van der Waals surface area (Å²) in [6, 6.07) is 21.0. The maximum atomic E-state index is 13.2. The summed E-state index contributed by atoms with van der Waals surface area (Å²) in [7, 11) is 0. The SMILES string of the molecule is O=C(Nc1ccc(F)cc1)N1C[C@H]2[C@@H](c3ccccc31)[C@@H](CO)N2Cc1ccccc1Cl. The molecule has 7 heteroatoms. The molecule has 3 aromatic carbocycles. The molecular weight excluding hydrogens is 429 g/mol. The minimum absolute atomic E-state index is 0.0295. The Morgan fingerprint density at radius 2 is 1.78 bits per heavy atom. The Kier molecular flexibility index (Phi) is 5.59. The van der Waals surface area contributed by atoms with Crippen molar-refractivity contribution in [2.45, 2.75) is 24.5 Å². The Morgan fingerprint density at radius 3 is 2.53 bits per heavy atom. The number of urea groups is 1. The fourth-order valence-corrected chi connectivity index (χ4v) is 5.14. The Hall–Kier alpha value is -2.93. The van der Waals surface area contributed by atoms with Crippen molar-refractivity contribution in [3.63, 3.8) is 0 Å². The maximum Gasteiger partial charge on any atom is 0.326 e. The number of aliphatic hydroxyl groups is 1. The van der Waals surface area contributed by atoms with Gasteiger partial charge in [0.1, 0.15) is 5.82 Å². The van der Waals surface area contributed by atoms with E-state index in [0.29, 0.717) is 23.8 Å². The first kappa shape index (κ1) is 20.9. The number of carbonyl (C=O) groups excluding carboxylic acids is 1. The summed E-state index contributed by atoms with van der Waals surface area (Å²) in [6.45, 7) is 1.11. The molecule has 0 saturated carbocycles. The molecule has 2 amide bonds. The molecule has 2 aliphatic heterocycles. The molecular formula is C25H23ClFN3O2. The Morgan fingerprint density at radius 1 is 1.06 bits per heavy atom. The topological polar surface area (TPSA) is 55.8 Å². The lowest BCUT2D eigenvalue weighted by atomic mass is 9.72. The average molecular weight is 452 g/mol. The number of para-hydroxylation sites is 1. The zero-order valence-corrected chi connectivity index (χ0v) is 18.0. The second-order valence-electron chi connectivity index (χ2n) is 8.21. The van der Waals surface area contributed by atoms with Crippen LogP contribution in [0.25, 0.3) is 0 Å². The zero-order chi connectivity index (χ0) is 22.2. The number of nitrogens with zero attached hydrogens (tertiary/aromatic N) is 2. The first-order valence-electron chi connectivity index (χ1n) is 10.6. The smallest absolute Gasteiger partial charge is 0.326 e. The number of aliphatic hydroxyl groups excluding tert-OH is 1. The molecule has 0 radical (unpaired) electrons. The highest BCUT2D eigenvalue weighted by atomic mass is 35.5. The fourth-order valence-electron chi connectivity index (χ4n) is 4.94. The zero-order valence-electron chi connectivity index (χ0n) is 17.3. The van der Waals surface area contributed by atoms with E-state index in [-0.39, 0.29) is 36.5 Å². The largest absolute Gasteiger partial charge is 0.395 e. The number of nitrogens with one attached hydrogen (secondary N) is 1. The van der Waals surface area contributed by atoms with Gasteiger partial charge in [-0.05, 0) is 47.5 Å². The standard InChI is InChI=1S/C25H23ClFN3O2/c26-20-7-3-1-5-16(20)13-29-22-14-30(25(32)28-18-11-9-17(27)10-12-18)21-8-4-2-6-19(21)24(22)23(29)15-31/h1-12,22-24,31H,13-15H2,(H,28,32)/t22-,23+,24+/m0/s1. The predicted molar refractivity (Wildman–Crippen MR) is 124 cm³/mol. The van der Waals surface area contributed by atoms with Crippen molar-refractivity contribution >= 4 is 29.0 Å². The summed E-state index contributed by atoms with van der Waals surface area (Å²) in [6.07, 6.45) is 0. The summed E-state index contributed by atoms with van der Waals surface area (Å²) in [5, 5.41) is 13.7. The van der Waals surface area contributed by atoms with Crippen LogP contribution >= 0.6 is 11.6 Å². The molecule has 2 N–H and O–H groups in total. The quantitative estimate of drug-likeness (QED) is 0.595. The van der Waals surface area contributed by atoms with Crippen molar-refractivity contribution < 1.29 is 14.3 Å². The molecule has 0 aliphatic carbocycles. The van der Waals surface area contributed by atoms with Gasteiger partial charge < -0.3 is 10.4 Å². The number of rotatable bonds is 4. The van der Waals surface area contributed by atoms with Gasteiger partial charge in [-0.2, -0.15) is 0 Å². The van der Waals surface area contributed by atoms with E-state index in [9.17, 15) is 14.3 Å². The number of carbonyl (C=O) groups is 1. The van der Waals surface area contributed by atoms with Gasteiger partial charge in [-0.3, -0.25) is 9.80 Å². The normalized spacial score (nSPS) is 22.0. The van der Waals surface area contributed by atoms with Crippen LogP contribution in [0.5, 0.6) is 0 Å². The fraction of sp³-hybridized carbons (Fsp3) is 0.240. The van der Waals surface area contributed by atoms with Gasteiger partial charge in [0.25, 0.3) is 0 Å². The lowest BCUT2D eigenvalue weighted by molar-refractivity contribution is -0.0484. The number of benzene rings is 3. The molecule has 5 nitrogen and oxygen atoms in total. The highest BCUT2D eigenvalue weighted by Crippen LogP contribution is 2.49. The molecule has 32 heavy (non-hydrogen) atoms. The number of anilines is 2. The minimum Gasteiger partial charge on any atom is -0.395 e. The van der Waals surface area contributed by atoms with Gasteiger partial charge in [0.15, 0.2) is 0 Å². The van der Waals surface area contributed by atoms with Crippen LogP contribution in [0.2, 0.25) is 5.02 Å². The highest BCUT2D eigenvalue weighted by molar-refractivity contribution is 6.31. The molecule has 0 bridgehead atoms. The summed E-state index contributed by atoms with van der Waals surface area (Å²) in [5.74, 6) is -0.220. The molecule has 2 heterocycles. The second kappa shape index (κ2) is 8.54. The Balaban J connectivity index is 1.44. The van der Waals surface area contributed by atoms with Crippen LogP contribution in [0.15, 0.2) is 72.8 Å². The van der Waals surface area contributed by atoms with E-state index in [1.54, 1.807) is 17.0 Å². The maximum absolute atomic E-state index is 13.2. The summed E-state index contributed by atoms with van der Waals surface area (Å²) < 4.78 is 13.2. The van der Waals surface area contributed by atoms with E-state index in [2.05, 4.69) is 10.2 Å². The lowest BCUT2D eigenvalue weighted by Gasteiger charge is -2.59. The summed E-state index contributed by atoms with van der Waals surface area (Å²) >= 11 is 6.39. The number of amides is 2. The average Bonchev–Trinajstić information content (AvgIpc) is 2.80. The Labute approximate surface area is 191 Å². The summed E-state index contributed by atoms with van der Waals surface area (Å²) in [5.41, 5.74) is 3.41. The van der Waals surface area contributed by atoms with Gasteiger partial charge in [0.2, 0.25) is 0 Å². The Bertz CT molecular complexity index is 1140. The van der Waals surface area contributed by atoms with E-state index >= 15 is 0 Å². The first-order chi connectivity index (χ1) is 15.6. The van der Waals surface area contributed by atoms with Crippen molar-refractivity contribution in [1.82, 2.24) is 4.90 Å². The molecule has 5 rings (SSSR count). The third kappa shape index (κ3) is 3.64. The number of hydrogen-bond donors (Lipinski definition) is 2. The molecule has 3 aromatic rings. The number of fused-ring (bicyclic) bond motifs is 3. The van der Waals surface area contributed by atoms with Crippen LogP contribution in [0.4, 0.5) is 20.6 Å².